The van der Waals surface area contributed by atoms with Crippen LogP contribution >= 0.6 is 11.6 Å². The van der Waals surface area contributed by atoms with Gasteiger partial charge < -0.3 is 15.7 Å². The van der Waals surface area contributed by atoms with Crippen LogP contribution in [0.15, 0.2) is 41.6 Å². The van der Waals surface area contributed by atoms with Gasteiger partial charge in [0.2, 0.25) is 0 Å². The third kappa shape index (κ3) is 3.61. The molecule has 3 N–H and O–H groups in total. The van der Waals surface area contributed by atoms with Crippen molar-refractivity contribution in [1.82, 2.24) is 0 Å². The summed E-state index contributed by atoms with van der Waals surface area (Å²) in [6.45, 7) is -0.0443. The molecule has 0 atom stereocenters. The Balaban J connectivity index is 2.21. The summed E-state index contributed by atoms with van der Waals surface area (Å²) < 4.78 is 32.7. The lowest BCUT2D eigenvalue weighted by molar-refractivity contribution is 0.274. The molecule has 0 heterocycles. The normalized spacial score (nSPS) is 11.5. The van der Waals surface area contributed by atoms with E-state index in [0.717, 1.165) is 12.1 Å². The number of hydrogen-bond acceptors (Lipinski definition) is 3. The number of nitrogens with zero attached hydrogens (tertiary/aromatic N) is 1. The maximum atomic E-state index is 13.8. The van der Waals surface area contributed by atoms with Gasteiger partial charge in [0, 0.05) is 10.6 Å². The van der Waals surface area contributed by atoms with E-state index in [2.05, 4.69) is 5.16 Å². The van der Waals surface area contributed by atoms with E-state index in [-0.39, 0.29) is 12.2 Å². The first kappa shape index (κ1) is 15.1. The smallest absolute Gasteiger partial charge is 0.191 e. The van der Waals surface area contributed by atoms with E-state index >= 15 is 0 Å². The Hall–Kier alpha value is -2.34. The molecule has 110 valence electrons. The number of ether oxygens (including phenoxy) is 1. The van der Waals surface area contributed by atoms with Crippen LogP contribution < -0.4 is 10.5 Å². The van der Waals surface area contributed by atoms with Crippen molar-refractivity contribution < 1.29 is 18.7 Å². The van der Waals surface area contributed by atoms with Gasteiger partial charge in [0.05, 0.1) is 0 Å². The molecule has 0 aliphatic heterocycles. The van der Waals surface area contributed by atoms with Gasteiger partial charge in [-0.3, -0.25) is 0 Å². The van der Waals surface area contributed by atoms with E-state index in [4.69, 9.17) is 27.3 Å². The Labute approximate surface area is 124 Å². The molecule has 0 aliphatic carbocycles. The summed E-state index contributed by atoms with van der Waals surface area (Å²) in [5.74, 6) is -2.82. The molecule has 0 aromatic heterocycles. The minimum absolute atomic E-state index is 0.0443. The zero-order chi connectivity index (χ0) is 15.4. The Morgan fingerprint density at radius 2 is 1.90 bits per heavy atom. The Bertz CT molecular complexity index is 669. The second kappa shape index (κ2) is 6.41. The Morgan fingerprint density at radius 3 is 2.48 bits per heavy atom. The van der Waals surface area contributed by atoms with Gasteiger partial charge >= 0.3 is 0 Å². The highest BCUT2D eigenvalue weighted by atomic mass is 35.5. The van der Waals surface area contributed by atoms with Crippen LogP contribution in [0.25, 0.3) is 0 Å². The van der Waals surface area contributed by atoms with Crippen LogP contribution in [-0.4, -0.2) is 11.0 Å². The Kier molecular flexibility index (Phi) is 4.59. The average Bonchev–Trinajstić information content (AvgIpc) is 2.45. The lowest BCUT2D eigenvalue weighted by Crippen LogP contribution is -2.14. The van der Waals surface area contributed by atoms with Crippen molar-refractivity contribution in [2.75, 3.05) is 0 Å². The minimum atomic E-state index is -0.946. The molecular weight excluding hydrogens is 302 g/mol. The molecule has 7 heteroatoms. The van der Waals surface area contributed by atoms with E-state index in [1.807, 2.05) is 0 Å². The van der Waals surface area contributed by atoms with E-state index in [9.17, 15) is 8.78 Å². The average molecular weight is 313 g/mol. The fourth-order valence-electron chi connectivity index (χ4n) is 1.69. The molecule has 0 spiro atoms. The summed E-state index contributed by atoms with van der Waals surface area (Å²) in [6, 6.07) is 8.57. The van der Waals surface area contributed by atoms with Gasteiger partial charge in [0.1, 0.15) is 6.61 Å². The molecule has 21 heavy (non-hydrogen) atoms. The van der Waals surface area contributed by atoms with E-state index in [1.165, 1.54) is 0 Å². The van der Waals surface area contributed by atoms with Crippen LogP contribution in [0.5, 0.6) is 5.75 Å². The first-order valence-electron chi connectivity index (χ1n) is 5.85. The fourth-order valence-corrected chi connectivity index (χ4v) is 1.90. The molecule has 0 radical (unpaired) electrons. The van der Waals surface area contributed by atoms with Gasteiger partial charge in [-0.2, -0.15) is 0 Å². The predicted octanol–water partition coefficient (Wildman–Crippen LogP) is 3.29. The molecule has 0 bridgehead atoms. The maximum Gasteiger partial charge on any atom is 0.191 e. The van der Waals surface area contributed by atoms with Crippen LogP contribution in [0.2, 0.25) is 5.02 Å². The van der Waals surface area contributed by atoms with Crippen molar-refractivity contribution in [2.24, 2.45) is 10.9 Å². The first-order chi connectivity index (χ1) is 10.0. The molecule has 2 rings (SSSR count). The summed E-state index contributed by atoms with van der Waals surface area (Å²) in [4.78, 5) is 0. The van der Waals surface area contributed by atoms with E-state index in [1.54, 1.807) is 24.3 Å². The number of oxime groups is 1. The second-order valence-electron chi connectivity index (χ2n) is 4.17. The van der Waals surface area contributed by atoms with Crippen molar-refractivity contribution in [3.05, 3.63) is 64.2 Å². The summed E-state index contributed by atoms with van der Waals surface area (Å²) in [5, 5.41) is 11.7. The number of benzene rings is 2. The molecule has 4 nitrogen and oxygen atoms in total. The van der Waals surface area contributed by atoms with Gasteiger partial charge in [-0.15, -0.1) is 0 Å². The molecule has 0 saturated heterocycles. The molecule has 2 aromatic rings. The lowest BCUT2D eigenvalue weighted by Gasteiger charge is -2.10. The van der Waals surface area contributed by atoms with Crippen molar-refractivity contribution in [3.63, 3.8) is 0 Å². The molecule has 0 saturated carbocycles. The molecular formula is C14H11ClF2N2O2. The largest absolute Gasteiger partial charge is 0.483 e. The van der Waals surface area contributed by atoms with Crippen LogP contribution in [0, 0.1) is 11.6 Å². The number of halogens is 3. The second-order valence-corrected chi connectivity index (χ2v) is 4.61. The van der Waals surface area contributed by atoms with Gasteiger partial charge in [0.25, 0.3) is 0 Å². The topological polar surface area (TPSA) is 67.8 Å². The van der Waals surface area contributed by atoms with Gasteiger partial charge in [-0.1, -0.05) is 28.9 Å². The van der Waals surface area contributed by atoms with Crippen LogP contribution in [0.4, 0.5) is 8.78 Å². The summed E-state index contributed by atoms with van der Waals surface area (Å²) in [7, 11) is 0. The molecule has 0 aliphatic rings. The zero-order valence-electron chi connectivity index (χ0n) is 10.7. The number of hydrogen-bond donors (Lipinski definition) is 2. The van der Waals surface area contributed by atoms with Crippen molar-refractivity contribution >= 4 is 17.4 Å². The number of nitrogens with two attached hydrogens (primary N) is 1. The standard InChI is InChI=1S/C14H11ClF2N2O2/c15-10-3-1-2-8(4-10)7-21-13-11(16)5-9(6-12(13)17)14(18)19-20/h1-6,20H,7H2,(H2,18,19). The third-order valence-electron chi connectivity index (χ3n) is 2.67. The zero-order valence-corrected chi connectivity index (χ0v) is 11.4. The van der Waals surface area contributed by atoms with Gasteiger partial charge in [-0.05, 0) is 29.8 Å². The van der Waals surface area contributed by atoms with Crippen LogP contribution in [0.1, 0.15) is 11.1 Å². The van der Waals surface area contributed by atoms with Crippen molar-refractivity contribution in [3.8, 4) is 5.75 Å². The van der Waals surface area contributed by atoms with Crippen LogP contribution in [0.3, 0.4) is 0 Å². The van der Waals surface area contributed by atoms with Crippen molar-refractivity contribution in [1.29, 1.82) is 0 Å². The number of amidine groups is 1. The first-order valence-corrected chi connectivity index (χ1v) is 6.23. The molecule has 0 amide bonds. The third-order valence-corrected chi connectivity index (χ3v) is 2.91. The van der Waals surface area contributed by atoms with E-state index in [0.29, 0.717) is 10.6 Å². The maximum absolute atomic E-state index is 13.8. The molecule has 2 aromatic carbocycles. The quantitative estimate of drug-likeness (QED) is 0.394. The van der Waals surface area contributed by atoms with Crippen LogP contribution in [-0.2, 0) is 6.61 Å². The summed E-state index contributed by atoms with van der Waals surface area (Å²) in [5.41, 5.74) is 5.86. The minimum Gasteiger partial charge on any atom is -0.483 e. The summed E-state index contributed by atoms with van der Waals surface area (Å²) in [6.07, 6.45) is 0. The van der Waals surface area contributed by atoms with Gasteiger partial charge in [-0.25, -0.2) is 8.78 Å². The van der Waals surface area contributed by atoms with Crippen molar-refractivity contribution in [2.45, 2.75) is 6.61 Å². The predicted molar refractivity (Wildman–Crippen MR) is 74.7 cm³/mol. The molecule has 0 fully saturated rings. The molecule has 0 unspecified atom stereocenters. The van der Waals surface area contributed by atoms with E-state index < -0.39 is 23.2 Å². The lowest BCUT2D eigenvalue weighted by atomic mass is 10.2. The highest BCUT2D eigenvalue weighted by Gasteiger charge is 2.14. The number of rotatable bonds is 4. The Morgan fingerprint density at radius 1 is 1.24 bits per heavy atom. The highest BCUT2D eigenvalue weighted by molar-refractivity contribution is 6.30. The fraction of sp³-hybridized carbons (Fsp3) is 0.0714. The monoisotopic (exact) mass is 312 g/mol. The SMILES string of the molecule is N/C(=N/O)c1cc(F)c(OCc2cccc(Cl)c2)c(F)c1. The highest BCUT2D eigenvalue weighted by Crippen LogP contribution is 2.24. The summed E-state index contributed by atoms with van der Waals surface area (Å²) >= 11 is 5.81. The van der Waals surface area contributed by atoms with Gasteiger partial charge in [0.15, 0.2) is 23.2 Å².